The van der Waals surface area contributed by atoms with Gasteiger partial charge in [0.25, 0.3) is 0 Å². The van der Waals surface area contributed by atoms with Crippen LogP contribution in [0.15, 0.2) is 42.5 Å². The Kier molecular flexibility index (Phi) is 5.82. The molecule has 5 heteroatoms. The summed E-state index contributed by atoms with van der Waals surface area (Å²) in [5, 5.41) is 0. The number of nitrogens with zero attached hydrogens (tertiary/aromatic N) is 3. The maximum atomic E-state index is 13.0. The van der Waals surface area contributed by atoms with Crippen LogP contribution in [0, 0.1) is 5.82 Å². The zero-order valence-electron chi connectivity index (χ0n) is 13.8. The highest BCUT2D eigenvalue weighted by Gasteiger charge is 2.12. The van der Waals surface area contributed by atoms with Crippen LogP contribution in [0.5, 0.6) is 0 Å². The molecule has 0 unspecified atom stereocenters. The van der Waals surface area contributed by atoms with Crippen molar-refractivity contribution in [3.05, 3.63) is 54.0 Å². The van der Waals surface area contributed by atoms with E-state index in [1.54, 1.807) is 31.1 Å². The summed E-state index contributed by atoms with van der Waals surface area (Å²) >= 11 is 0. The van der Waals surface area contributed by atoms with E-state index in [1.165, 1.54) is 12.1 Å². The Morgan fingerprint density at radius 2 is 1.83 bits per heavy atom. The molecule has 0 atom stereocenters. The summed E-state index contributed by atoms with van der Waals surface area (Å²) in [6.07, 6.45) is 0. The Morgan fingerprint density at radius 1 is 1.13 bits per heavy atom. The molecule has 0 saturated carbocycles. The normalized spacial score (nSPS) is 10.8. The Labute approximate surface area is 136 Å². The molecular weight excluding hydrogens is 293 g/mol. The van der Waals surface area contributed by atoms with Gasteiger partial charge in [0.15, 0.2) is 0 Å². The number of amides is 1. The van der Waals surface area contributed by atoms with Gasteiger partial charge < -0.3 is 4.90 Å². The largest absolute Gasteiger partial charge is 0.348 e. The van der Waals surface area contributed by atoms with Crippen LogP contribution in [0.2, 0.25) is 0 Å². The topological polar surface area (TPSA) is 36.4 Å². The summed E-state index contributed by atoms with van der Waals surface area (Å²) in [4.78, 5) is 20.1. The molecule has 0 bridgehead atoms. The van der Waals surface area contributed by atoms with Crippen LogP contribution >= 0.6 is 0 Å². The van der Waals surface area contributed by atoms with Crippen molar-refractivity contribution >= 4 is 5.91 Å². The summed E-state index contributed by atoms with van der Waals surface area (Å²) in [6.45, 7) is 3.76. The van der Waals surface area contributed by atoms with E-state index < -0.39 is 0 Å². The molecule has 0 fully saturated rings. The lowest BCUT2D eigenvalue weighted by molar-refractivity contribution is -0.130. The average molecular weight is 315 g/mol. The van der Waals surface area contributed by atoms with Gasteiger partial charge in [-0.05, 0) is 42.9 Å². The first-order valence-electron chi connectivity index (χ1n) is 7.64. The average Bonchev–Trinajstić information content (AvgIpc) is 2.55. The second-order valence-electron chi connectivity index (χ2n) is 5.61. The number of carbonyl (C=O) groups excluding carboxylic acids is 1. The smallest absolute Gasteiger partial charge is 0.236 e. The molecule has 0 N–H and O–H groups in total. The van der Waals surface area contributed by atoms with Crippen LogP contribution in [0.3, 0.4) is 0 Å². The predicted octanol–water partition coefficient (Wildman–Crippen LogP) is 2.80. The molecule has 2 aromatic rings. The molecule has 1 aromatic carbocycles. The fourth-order valence-electron chi connectivity index (χ4n) is 2.19. The monoisotopic (exact) mass is 315 g/mol. The van der Waals surface area contributed by atoms with Gasteiger partial charge in [0, 0.05) is 26.2 Å². The molecule has 0 aliphatic carbocycles. The standard InChI is InChI=1S/C18H22FN3O/c1-4-22(13-18(23)21(2)3)12-16-6-5-7-17(20-16)14-8-10-15(19)11-9-14/h5-11H,4,12-13H2,1-3H3. The molecule has 122 valence electrons. The lowest BCUT2D eigenvalue weighted by atomic mass is 10.1. The van der Waals surface area contributed by atoms with E-state index in [0.717, 1.165) is 23.5 Å². The van der Waals surface area contributed by atoms with Gasteiger partial charge in [-0.2, -0.15) is 0 Å². The van der Waals surface area contributed by atoms with E-state index in [1.807, 2.05) is 30.0 Å². The van der Waals surface area contributed by atoms with E-state index in [0.29, 0.717) is 13.1 Å². The summed E-state index contributed by atoms with van der Waals surface area (Å²) in [6, 6.07) is 12.1. The number of benzene rings is 1. The van der Waals surface area contributed by atoms with Crippen molar-refractivity contribution < 1.29 is 9.18 Å². The van der Waals surface area contributed by atoms with E-state index in [2.05, 4.69) is 4.98 Å². The van der Waals surface area contributed by atoms with E-state index >= 15 is 0 Å². The highest BCUT2D eigenvalue weighted by atomic mass is 19.1. The quantitative estimate of drug-likeness (QED) is 0.822. The minimum atomic E-state index is -0.260. The van der Waals surface area contributed by atoms with Crippen LogP contribution in [0.25, 0.3) is 11.3 Å². The zero-order valence-corrected chi connectivity index (χ0v) is 13.8. The van der Waals surface area contributed by atoms with Crippen molar-refractivity contribution in [2.75, 3.05) is 27.2 Å². The molecule has 0 aliphatic rings. The van der Waals surface area contributed by atoms with E-state index in [9.17, 15) is 9.18 Å². The third kappa shape index (κ3) is 4.86. The van der Waals surface area contributed by atoms with Crippen molar-refractivity contribution in [3.8, 4) is 11.3 Å². The maximum absolute atomic E-state index is 13.0. The maximum Gasteiger partial charge on any atom is 0.236 e. The molecule has 23 heavy (non-hydrogen) atoms. The Bertz CT molecular complexity index is 656. The highest BCUT2D eigenvalue weighted by molar-refractivity contribution is 5.77. The number of halogens is 1. The Morgan fingerprint density at radius 3 is 2.43 bits per heavy atom. The number of carbonyl (C=O) groups is 1. The molecule has 4 nitrogen and oxygen atoms in total. The number of hydrogen-bond donors (Lipinski definition) is 0. The number of hydrogen-bond acceptors (Lipinski definition) is 3. The summed E-state index contributed by atoms with van der Waals surface area (Å²) in [5.74, 6) is -0.189. The van der Waals surface area contributed by atoms with Crippen LogP contribution < -0.4 is 0 Å². The molecule has 2 rings (SSSR count). The molecule has 0 saturated heterocycles. The lowest BCUT2D eigenvalue weighted by Crippen LogP contribution is -2.36. The first-order chi connectivity index (χ1) is 11.0. The Balaban J connectivity index is 2.12. The van der Waals surface area contributed by atoms with Gasteiger partial charge in [-0.1, -0.05) is 13.0 Å². The zero-order chi connectivity index (χ0) is 16.8. The van der Waals surface area contributed by atoms with Crippen LogP contribution in [0.4, 0.5) is 4.39 Å². The minimum absolute atomic E-state index is 0.0709. The first-order valence-corrected chi connectivity index (χ1v) is 7.64. The molecule has 0 aliphatic heterocycles. The van der Waals surface area contributed by atoms with Crippen molar-refractivity contribution in [3.63, 3.8) is 0 Å². The fourth-order valence-corrected chi connectivity index (χ4v) is 2.19. The van der Waals surface area contributed by atoms with E-state index in [-0.39, 0.29) is 11.7 Å². The van der Waals surface area contributed by atoms with Crippen LogP contribution in [-0.2, 0) is 11.3 Å². The van der Waals surface area contributed by atoms with Crippen LogP contribution in [0.1, 0.15) is 12.6 Å². The Hall–Kier alpha value is -2.27. The van der Waals surface area contributed by atoms with Crippen molar-refractivity contribution in [1.29, 1.82) is 0 Å². The van der Waals surface area contributed by atoms with Gasteiger partial charge in [0.2, 0.25) is 5.91 Å². The van der Waals surface area contributed by atoms with Crippen LogP contribution in [-0.4, -0.2) is 47.9 Å². The van der Waals surface area contributed by atoms with Crippen molar-refractivity contribution in [2.24, 2.45) is 0 Å². The third-order valence-corrected chi connectivity index (χ3v) is 3.64. The third-order valence-electron chi connectivity index (χ3n) is 3.64. The fraction of sp³-hybridized carbons (Fsp3) is 0.333. The minimum Gasteiger partial charge on any atom is -0.348 e. The first kappa shape index (κ1) is 17.1. The van der Waals surface area contributed by atoms with Gasteiger partial charge >= 0.3 is 0 Å². The summed E-state index contributed by atoms with van der Waals surface area (Å²) in [5.41, 5.74) is 2.57. The molecule has 1 heterocycles. The van der Waals surface area contributed by atoms with Gasteiger partial charge in [-0.25, -0.2) is 4.39 Å². The number of aromatic nitrogens is 1. The van der Waals surface area contributed by atoms with E-state index in [4.69, 9.17) is 0 Å². The molecular formula is C18H22FN3O. The molecule has 1 aromatic heterocycles. The summed E-state index contributed by atoms with van der Waals surface area (Å²) in [7, 11) is 3.51. The van der Waals surface area contributed by atoms with Gasteiger partial charge in [-0.3, -0.25) is 14.7 Å². The second kappa shape index (κ2) is 7.83. The number of pyridine rings is 1. The number of rotatable bonds is 6. The molecule has 0 radical (unpaired) electrons. The van der Waals surface area contributed by atoms with Gasteiger partial charge in [-0.15, -0.1) is 0 Å². The highest BCUT2D eigenvalue weighted by Crippen LogP contribution is 2.18. The van der Waals surface area contributed by atoms with Crippen molar-refractivity contribution in [2.45, 2.75) is 13.5 Å². The summed E-state index contributed by atoms with van der Waals surface area (Å²) < 4.78 is 13.0. The predicted molar refractivity (Wildman–Crippen MR) is 89.3 cm³/mol. The van der Waals surface area contributed by atoms with Gasteiger partial charge in [0.05, 0.1) is 17.9 Å². The lowest BCUT2D eigenvalue weighted by Gasteiger charge is -2.21. The number of likely N-dealkylation sites (N-methyl/N-ethyl adjacent to an activating group) is 2. The molecule has 0 spiro atoms. The second-order valence-corrected chi connectivity index (χ2v) is 5.61. The van der Waals surface area contributed by atoms with Gasteiger partial charge in [0.1, 0.15) is 5.82 Å². The SMILES string of the molecule is CCN(CC(=O)N(C)C)Cc1cccc(-c2ccc(F)cc2)n1. The molecule has 1 amide bonds. The van der Waals surface area contributed by atoms with Crippen molar-refractivity contribution in [1.82, 2.24) is 14.8 Å².